The van der Waals surface area contributed by atoms with Gasteiger partial charge in [-0.05, 0) is 36.5 Å². The molecular formula is C18H18N2O4. The average molecular weight is 326 g/mol. The molecule has 124 valence electrons. The summed E-state index contributed by atoms with van der Waals surface area (Å²) in [5.41, 5.74) is 0.649. The zero-order valence-electron chi connectivity index (χ0n) is 13.5. The van der Waals surface area contributed by atoms with Crippen LogP contribution in [0.5, 0.6) is 11.5 Å². The molecule has 6 heteroatoms. The minimum Gasteiger partial charge on any atom is -0.497 e. The third-order valence-electron chi connectivity index (χ3n) is 5.20. The molecule has 0 aromatic heterocycles. The van der Waals surface area contributed by atoms with Gasteiger partial charge >= 0.3 is 0 Å². The largest absolute Gasteiger partial charge is 0.497 e. The first-order chi connectivity index (χ1) is 11.6. The average Bonchev–Trinajstić information content (AvgIpc) is 3.28. The number of ether oxygens (including phenoxy) is 2. The smallest absolute Gasteiger partial charge is 0.254 e. The second kappa shape index (κ2) is 5.47. The number of nitrogens with zero attached hydrogens (tertiary/aromatic N) is 2. The van der Waals surface area contributed by atoms with Gasteiger partial charge in [-0.1, -0.05) is 12.2 Å². The van der Waals surface area contributed by atoms with E-state index in [2.05, 4.69) is 17.3 Å². The van der Waals surface area contributed by atoms with E-state index in [4.69, 9.17) is 9.47 Å². The Balaban J connectivity index is 1.61. The zero-order valence-corrected chi connectivity index (χ0v) is 13.5. The maximum atomic E-state index is 12.6. The molecule has 2 fully saturated rings. The summed E-state index contributed by atoms with van der Waals surface area (Å²) in [7, 11) is 3.12. The van der Waals surface area contributed by atoms with Gasteiger partial charge in [0.05, 0.1) is 32.3 Å². The van der Waals surface area contributed by atoms with Gasteiger partial charge in [-0.15, -0.1) is 0 Å². The van der Waals surface area contributed by atoms with Gasteiger partial charge in [-0.2, -0.15) is 10.1 Å². The monoisotopic (exact) mass is 326 g/mol. The van der Waals surface area contributed by atoms with E-state index >= 15 is 0 Å². The minimum atomic E-state index is -0.239. The summed E-state index contributed by atoms with van der Waals surface area (Å²) < 4.78 is 10.5. The minimum absolute atomic E-state index is 0.183. The highest BCUT2D eigenvalue weighted by atomic mass is 16.5. The maximum absolute atomic E-state index is 12.6. The number of carbonyl (C=O) groups is 2. The zero-order chi connectivity index (χ0) is 16.8. The topological polar surface area (TPSA) is 68.2 Å². The molecular weight excluding hydrogens is 308 g/mol. The molecule has 2 amide bonds. The Labute approximate surface area is 139 Å². The van der Waals surface area contributed by atoms with E-state index in [0.717, 1.165) is 11.4 Å². The number of carbonyl (C=O) groups excluding carboxylic acids is 2. The van der Waals surface area contributed by atoms with Crippen LogP contribution in [0.15, 0.2) is 35.5 Å². The lowest BCUT2D eigenvalue weighted by molar-refractivity contribution is -0.140. The van der Waals surface area contributed by atoms with Crippen LogP contribution >= 0.6 is 0 Å². The van der Waals surface area contributed by atoms with Gasteiger partial charge in [0, 0.05) is 5.56 Å². The number of fused-ring (bicyclic) bond motifs is 5. The standard InChI is InChI=1S/C18H18N2O4/c1-23-13-5-6-14(24-2)12(8-13)9-19-20-17(21)15-10-3-4-11(7-10)16(15)18(20)22/h3-6,8-11,15-16H,7H2,1-2H3/b19-9-/t10-,11-,15-,16-/m0/s1. The molecule has 0 spiro atoms. The number of hydrogen-bond acceptors (Lipinski definition) is 5. The molecule has 4 rings (SSSR count). The second-order valence-electron chi connectivity index (χ2n) is 6.34. The molecule has 6 nitrogen and oxygen atoms in total. The molecule has 1 aliphatic heterocycles. The van der Waals surface area contributed by atoms with E-state index in [-0.39, 0.29) is 35.5 Å². The fraction of sp³-hybridized carbons (Fsp3) is 0.389. The molecule has 4 atom stereocenters. The maximum Gasteiger partial charge on any atom is 0.254 e. The van der Waals surface area contributed by atoms with Crippen molar-refractivity contribution in [1.82, 2.24) is 5.01 Å². The third kappa shape index (κ3) is 2.06. The molecule has 2 aliphatic carbocycles. The van der Waals surface area contributed by atoms with E-state index in [1.807, 2.05) is 0 Å². The van der Waals surface area contributed by atoms with Crippen LogP contribution in [0.1, 0.15) is 12.0 Å². The summed E-state index contributed by atoms with van der Waals surface area (Å²) in [6, 6.07) is 5.28. The van der Waals surface area contributed by atoms with Crippen molar-refractivity contribution in [1.29, 1.82) is 0 Å². The molecule has 0 radical (unpaired) electrons. The van der Waals surface area contributed by atoms with Gasteiger partial charge in [-0.25, -0.2) is 0 Å². The molecule has 3 aliphatic rings. The van der Waals surface area contributed by atoms with Crippen molar-refractivity contribution in [2.75, 3.05) is 14.2 Å². The molecule has 1 aromatic carbocycles. The quantitative estimate of drug-likeness (QED) is 0.481. The Morgan fingerprint density at radius 1 is 1.08 bits per heavy atom. The van der Waals surface area contributed by atoms with Crippen LogP contribution in [0, 0.1) is 23.7 Å². The van der Waals surface area contributed by atoms with E-state index in [0.29, 0.717) is 17.1 Å². The molecule has 1 saturated heterocycles. The van der Waals surface area contributed by atoms with Crippen LogP contribution in [0.3, 0.4) is 0 Å². The molecule has 24 heavy (non-hydrogen) atoms. The van der Waals surface area contributed by atoms with Crippen molar-refractivity contribution in [2.45, 2.75) is 6.42 Å². The fourth-order valence-electron chi connectivity index (χ4n) is 4.06. The van der Waals surface area contributed by atoms with Crippen LogP contribution in [-0.4, -0.2) is 37.3 Å². The normalized spacial score (nSPS) is 30.5. The van der Waals surface area contributed by atoms with Crippen molar-refractivity contribution in [2.24, 2.45) is 28.8 Å². The van der Waals surface area contributed by atoms with Crippen LogP contribution in [0.4, 0.5) is 0 Å². The SMILES string of the molecule is COc1ccc(OC)c(/C=N\N2C(=O)[C@@H]3[C@@H](C2=O)[C@H]2C=C[C@H]3C2)c1. The van der Waals surface area contributed by atoms with Gasteiger partial charge in [0.2, 0.25) is 0 Å². The van der Waals surface area contributed by atoms with Gasteiger partial charge in [0.25, 0.3) is 11.8 Å². The third-order valence-corrected chi connectivity index (χ3v) is 5.20. The Morgan fingerprint density at radius 3 is 2.33 bits per heavy atom. The lowest BCUT2D eigenvalue weighted by Gasteiger charge is -2.13. The van der Waals surface area contributed by atoms with Crippen LogP contribution in [0.2, 0.25) is 0 Å². The highest BCUT2D eigenvalue weighted by Crippen LogP contribution is 2.52. The second-order valence-corrected chi connectivity index (χ2v) is 6.34. The van der Waals surface area contributed by atoms with Crippen molar-refractivity contribution in [3.05, 3.63) is 35.9 Å². The predicted octanol–water partition coefficient (Wildman–Crippen LogP) is 1.84. The van der Waals surface area contributed by atoms with Crippen molar-refractivity contribution < 1.29 is 19.1 Å². The van der Waals surface area contributed by atoms with E-state index in [1.54, 1.807) is 32.4 Å². The summed E-state index contributed by atoms with van der Waals surface area (Å²) in [5.74, 6) is 0.746. The summed E-state index contributed by atoms with van der Waals surface area (Å²) in [6.45, 7) is 0. The number of rotatable bonds is 4. The summed E-state index contributed by atoms with van der Waals surface area (Å²) >= 11 is 0. The number of methoxy groups -OCH3 is 2. The Morgan fingerprint density at radius 2 is 1.75 bits per heavy atom. The fourth-order valence-corrected chi connectivity index (χ4v) is 4.06. The lowest BCUT2D eigenvalue weighted by atomic mass is 9.85. The molecule has 0 N–H and O–H groups in total. The molecule has 1 heterocycles. The van der Waals surface area contributed by atoms with Gasteiger partial charge < -0.3 is 9.47 Å². The van der Waals surface area contributed by atoms with Gasteiger partial charge in [0.1, 0.15) is 11.5 Å². The van der Waals surface area contributed by atoms with E-state index in [9.17, 15) is 9.59 Å². The Hall–Kier alpha value is -2.63. The first-order valence-electron chi connectivity index (χ1n) is 7.96. The van der Waals surface area contributed by atoms with Gasteiger partial charge in [-0.3, -0.25) is 9.59 Å². The molecule has 2 bridgehead atoms. The first-order valence-corrected chi connectivity index (χ1v) is 7.96. The lowest BCUT2D eigenvalue weighted by Crippen LogP contribution is -2.28. The first kappa shape index (κ1) is 14.9. The van der Waals surface area contributed by atoms with Crippen molar-refractivity contribution >= 4 is 18.0 Å². The number of allylic oxidation sites excluding steroid dienone is 2. The number of benzene rings is 1. The van der Waals surface area contributed by atoms with Crippen molar-refractivity contribution in [3.8, 4) is 11.5 Å². The van der Waals surface area contributed by atoms with E-state index in [1.165, 1.54) is 6.21 Å². The number of hydrazone groups is 1. The predicted molar refractivity (Wildman–Crippen MR) is 86.7 cm³/mol. The van der Waals surface area contributed by atoms with Crippen LogP contribution < -0.4 is 9.47 Å². The summed E-state index contributed by atoms with van der Waals surface area (Å²) in [6.07, 6.45) is 6.52. The highest BCUT2D eigenvalue weighted by Gasteiger charge is 2.59. The molecule has 0 unspecified atom stereocenters. The number of amides is 2. The summed E-state index contributed by atoms with van der Waals surface area (Å²) in [4.78, 5) is 25.2. The molecule has 1 saturated carbocycles. The Bertz CT molecular complexity index is 740. The van der Waals surface area contributed by atoms with Crippen LogP contribution in [-0.2, 0) is 9.59 Å². The van der Waals surface area contributed by atoms with Crippen molar-refractivity contribution in [3.63, 3.8) is 0 Å². The number of hydrogen-bond donors (Lipinski definition) is 0. The Kier molecular flexibility index (Phi) is 3.40. The van der Waals surface area contributed by atoms with E-state index < -0.39 is 0 Å². The molecule has 1 aromatic rings. The number of imide groups is 1. The van der Waals surface area contributed by atoms with Crippen LogP contribution in [0.25, 0.3) is 0 Å². The highest BCUT2D eigenvalue weighted by molar-refractivity contribution is 6.06. The van der Waals surface area contributed by atoms with Gasteiger partial charge in [0.15, 0.2) is 0 Å². The summed E-state index contributed by atoms with van der Waals surface area (Å²) in [5, 5.41) is 5.19.